The Balaban J connectivity index is 0.000000865. The maximum absolute atomic E-state index is 14.2. The third kappa shape index (κ3) is 16.4. The number of ether oxygens (including phenoxy) is 2. The number of nitrogens with one attached hydrogen (secondary N) is 2. The number of carbonyl (C=O) groups excluding carboxylic acids is 5. The van der Waals surface area contributed by atoms with Gasteiger partial charge in [0, 0.05) is 18.0 Å². The number of hydrogen-bond donors (Lipinski definition) is 2. The van der Waals surface area contributed by atoms with Gasteiger partial charge in [0.05, 0.1) is 35.1 Å². The molecule has 4 aromatic carbocycles. The number of unbranched alkanes of at least 4 members (excludes halogenated alkanes) is 9. The fourth-order valence-electron chi connectivity index (χ4n) is 7.03. The van der Waals surface area contributed by atoms with E-state index in [-0.39, 0.29) is 35.3 Å². The van der Waals surface area contributed by atoms with E-state index in [9.17, 15) is 33.6 Å². The summed E-state index contributed by atoms with van der Waals surface area (Å²) in [6, 6.07) is 28.8. The summed E-state index contributed by atoms with van der Waals surface area (Å²) in [4.78, 5) is 92.9. The van der Waals surface area contributed by atoms with Gasteiger partial charge >= 0.3 is 23.3 Å². The Labute approximate surface area is 397 Å². The van der Waals surface area contributed by atoms with Crippen molar-refractivity contribution < 1.29 is 33.4 Å². The molecule has 0 saturated heterocycles. The van der Waals surface area contributed by atoms with Gasteiger partial charge in [0.25, 0.3) is 5.91 Å². The van der Waals surface area contributed by atoms with Crippen molar-refractivity contribution in [3.05, 3.63) is 146 Å². The fraction of sp³-hybridized carbons (Fsp3) is 0.404. The number of hydrogen-bond acceptors (Lipinski definition) is 9. The number of rotatable bonds is 22. The van der Waals surface area contributed by atoms with Gasteiger partial charge in [-0.05, 0) is 61.4 Å². The largest absolute Gasteiger partial charge is 0.463 e. The second-order valence-corrected chi connectivity index (χ2v) is 17.7. The van der Waals surface area contributed by atoms with E-state index in [0.29, 0.717) is 22.2 Å². The van der Waals surface area contributed by atoms with Crippen molar-refractivity contribution in [3.8, 4) is 5.69 Å². The number of ketones is 1. The van der Waals surface area contributed by atoms with E-state index in [2.05, 4.69) is 17.6 Å². The highest BCUT2D eigenvalue weighted by Crippen LogP contribution is 2.28. The van der Waals surface area contributed by atoms with Crippen LogP contribution < -0.4 is 22.0 Å². The second kappa shape index (κ2) is 26.6. The lowest BCUT2D eigenvalue weighted by atomic mass is 9.86. The molecule has 358 valence electrons. The van der Waals surface area contributed by atoms with E-state index >= 15 is 0 Å². The molecule has 0 spiro atoms. The average Bonchev–Trinajstić information content (AvgIpc) is 3.53. The fourth-order valence-corrected chi connectivity index (χ4v) is 7.19. The minimum Gasteiger partial charge on any atom is -0.463 e. The maximum atomic E-state index is 14.2. The van der Waals surface area contributed by atoms with Gasteiger partial charge in [0.15, 0.2) is 17.9 Å². The molecule has 0 bridgehead atoms. The van der Waals surface area contributed by atoms with Crippen molar-refractivity contribution in [1.82, 2.24) is 13.9 Å². The normalized spacial score (nSPS) is 11.9. The molecule has 15 heteroatoms. The minimum absolute atomic E-state index is 0.00139. The molecule has 2 amide bonds. The second-order valence-electron chi connectivity index (χ2n) is 17.3. The zero-order valence-electron chi connectivity index (χ0n) is 39.4. The van der Waals surface area contributed by atoms with Gasteiger partial charge in [0.1, 0.15) is 0 Å². The number of amides is 2. The van der Waals surface area contributed by atoms with Crippen LogP contribution in [0.4, 0.5) is 11.4 Å². The van der Waals surface area contributed by atoms with Gasteiger partial charge in [-0.25, -0.2) is 28.4 Å². The number of benzene rings is 4. The van der Waals surface area contributed by atoms with Gasteiger partial charge in [0.2, 0.25) is 5.91 Å². The summed E-state index contributed by atoms with van der Waals surface area (Å²) in [6.07, 6.45) is 10.2. The third-order valence-corrected chi connectivity index (χ3v) is 11.0. The van der Waals surface area contributed by atoms with E-state index in [0.717, 1.165) is 29.6 Å². The lowest BCUT2D eigenvalue weighted by Gasteiger charge is -2.24. The first-order chi connectivity index (χ1) is 32.0. The number of Topliss-reactive ketones (excluding diaryl/α,β-unsaturated/α-hetero) is 1. The molecule has 67 heavy (non-hydrogen) atoms. The average molecular weight is 939 g/mol. The summed E-state index contributed by atoms with van der Waals surface area (Å²) >= 11 is 6.46. The predicted molar refractivity (Wildman–Crippen MR) is 262 cm³/mol. The van der Waals surface area contributed by atoms with Crippen LogP contribution in [0.25, 0.3) is 5.69 Å². The molecular weight excluding hydrogens is 874 g/mol. The highest BCUT2D eigenvalue weighted by molar-refractivity contribution is 6.34. The Kier molecular flexibility index (Phi) is 21.0. The summed E-state index contributed by atoms with van der Waals surface area (Å²) in [6.45, 7) is 10.0. The van der Waals surface area contributed by atoms with Crippen LogP contribution in [0.5, 0.6) is 0 Å². The smallest absolute Gasteiger partial charge is 0.353 e. The number of carbonyl (C=O) groups is 5. The monoisotopic (exact) mass is 937 g/mol. The number of para-hydroxylation sites is 2. The lowest BCUT2D eigenvalue weighted by Crippen LogP contribution is -2.46. The maximum Gasteiger partial charge on any atom is 0.353 e. The first kappa shape index (κ1) is 53.1. The Hall–Kier alpha value is -6.54. The van der Waals surface area contributed by atoms with Gasteiger partial charge in [-0.2, -0.15) is 4.68 Å². The van der Waals surface area contributed by atoms with Crippen LogP contribution >= 0.6 is 11.6 Å². The van der Waals surface area contributed by atoms with Crippen molar-refractivity contribution in [3.63, 3.8) is 0 Å². The topological polar surface area (TPSA) is 177 Å². The molecule has 1 aromatic heterocycles. The number of anilines is 2. The summed E-state index contributed by atoms with van der Waals surface area (Å²) in [5.41, 5.74) is -1.21. The van der Waals surface area contributed by atoms with Crippen LogP contribution in [-0.4, -0.2) is 56.2 Å². The van der Waals surface area contributed by atoms with Crippen LogP contribution in [0.2, 0.25) is 5.02 Å². The molecule has 5 aromatic rings. The van der Waals surface area contributed by atoms with Crippen LogP contribution in [-0.2, 0) is 35.2 Å². The highest BCUT2D eigenvalue weighted by atomic mass is 35.5. The molecule has 0 saturated carbocycles. The van der Waals surface area contributed by atoms with Gasteiger partial charge in [-0.3, -0.25) is 14.4 Å². The third-order valence-electron chi connectivity index (χ3n) is 10.6. The first-order valence-electron chi connectivity index (χ1n) is 22.9. The quantitative estimate of drug-likeness (QED) is 0.0389. The number of aromatic nitrogens is 3. The molecule has 0 aliphatic rings. The lowest BCUT2D eigenvalue weighted by molar-refractivity contribution is -0.153. The van der Waals surface area contributed by atoms with Crippen molar-refractivity contribution >= 4 is 52.5 Å². The molecule has 0 radical (unpaired) electrons. The zero-order chi connectivity index (χ0) is 48.9. The van der Waals surface area contributed by atoms with Crippen molar-refractivity contribution in [1.29, 1.82) is 0 Å². The predicted octanol–water partition coefficient (Wildman–Crippen LogP) is 9.95. The SMILES string of the molecule is CC(=O)Nc1ccccc1.CCCCCCCCCCCCOC(=O)C(C)OC(=O)c1ccc(Cl)c(NC(=O)C(C(=O)C(C)(C)C)n2c(=O)n(Cc3ccccc3)n(-c3ccccc3)c2=O)c1. The van der Waals surface area contributed by atoms with Crippen molar-refractivity contribution in [2.45, 2.75) is 124 Å². The van der Waals surface area contributed by atoms with Crippen LogP contribution in [0, 0.1) is 5.41 Å². The Morgan fingerprint density at radius 3 is 1.82 bits per heavy atom. The Morgan fingerprint density at radius 1 is 0.701 bits per heavy atom. The Morgan fingerprint density at radius 2 is 1.25 bits per heavy atom. The minimum atomic E-state index is -1.92. The molecule has 2 N–H and O–H groups in total. The number of esters is 2. The number of halogens is 1. The Bertz CT molecular complexity index is 2510. The number of nitrogens with zero attached hydrogens (tertiary/aromatic N) is 3. The molecule has 2 atom stereocenters. The van der Waals surface area contributed by atoms with Crippen LogP contribution in [0.1, 0.15) is 128 Å². The summed E-state index contributed by atoms with van der Waals surface area (Å²) < 4.78 is 13.7. The molecule has 0 fully saturated rings. The van der Waals surface area contributed by atoms with Crippen molar-refractivity contribution in [2.24, 2.45) is 5.41 Å². The van der Waals surface area contributed by atoms with E-state index in [1.165, 1.54) is 75.3 Å². The van der Waals surface area contributed by atoms with Gasteiger partial charge in [-0.1, -0.05) is 164 Å². The molecule has 0 aliphatic carbocycles. The van der Waals surface area contributed by atoms with Crippen molar-refractivity contribution in [2.75, 3.05) is 17.2 Å². The molecule has 2 unspecified atom stereocenters. The standard InChI is InChI=1S/C44H55ClN4O8.C8H9NO/c1-6-7-8-9-10-11-12-13-14-21-28-56-40(52)31(2)57-41(53)33-26-27-35(45)36(29-33)46-39(51)37(38(50)44(3,4)5)48-42(54)47(30-32-22-17-15-18-23-32)49(43(48)55)34-24-19-16-20-25-34;1-7(10)9-8-5-3-2-4-6-8/h15-20,22-27,29,31,37H,6-14,21,28,30H2,1-5H3,(H,46,51);2-6H,1H3,(H,9,10). The molecular formula is C52H64ClN5O9. The van der Waals surface area contributed by atoms with E-state index in [4.69, 9.17) is 21.1 Å². The highest BCUT2D eigenvalue weighted by Gasteiger charge is 2.40. The first-order valence-corrected chi connectivity index (χ1v) is 23.3. The summed E-state index contributed by atoms with van der Waals surface area (Å²) in [7, 11) is 0. The summed E-state index contributed by atoms with van der Waals surface area (Å²) in [5.74, 6) is -3.34. The van der Waals surface area contributed by atoms with E-state index in [1.807, 2.05) is 36.4 Å². The van der Waals surface area contributed by atoms with Gasteiger partial charge < -0.3 is 20.1 Å². The molecule has 5 rings (SSSR count). The van der Waals surface area contributed by atoms with Gasteiger partial charge in [-0.15, -0.1) is 0 Å². The van der Waals surface area contributed by atoms with E-state index in [1.54, 1.807) is 75.4 Å². The summed E-state index contributed by atoms with van der Waals surface area (Å²) in [5, 5.41) is 5.23. The molecule has 14 nitrogen and oxygen atoms in total. The molecule has 0 aliphatic heterocycles. The molecule has 1 heterocycles. The van der Waals surface area contributed by atoms with Crippen LogP contribution in [0.15, 0.2) is 119 Å². The van der Waals surface area contributed by atoms with Crippen LogP contribution in [0.3, 0.4) is 0 Å². The zero-order valence-corrected chi connectivity index (χ0v) is 40.2. The van der Waals surface area contributed by atoms with E-state index < -0.39 is 52.6 Å².